The van der Waals surface area contributed by atoms with Crippen LogP contribution in [0.15, 0.2) is 48.5 Å². The molecule has 0 unspecified atom stereocenters. The molecule has 0 bridgehead atoms. The van der Waals surface area contributed by atoms with E-state index in [4.69, 9.17) is 0 Å². The molecule has 3 rings (SSSR count). The van der Waals surface area contributed by atoms with Crippen LogP contribution in [0.3, 0.4) is 0 Å². The molecule has 1 N–H and O–H groups in total. The molecule has 1 fully saturated rings. The van der Waals surface area contributed by atoms with Crippen molar-refractivity contribution in [3.05, 3.63) is 59.7 Å². The van der Waals surface area contributed by atoms with Crippen molar-refractivity contribution < 1.29 is 9.59 Å². The minimum Gasteiger partial charge on any atom is -0.326 e. The molecular formula is C19H20N2O2. The summed E-state index contributed by atoms with van der Waals surface area (Å²) in [7, 11) is 0. The van der Waals surface area contributed by atoms with Crippen LogP contribution >= 0.6 is 0 Å². The molecular weight excluding hydrogens is 288 g/mol. The Hall–Kier alpha value is -2.62. The van der Waals surface area contributed by atoms with Gasteiger partial charge in [-0.3, -0.25) is 9.59 Å². The van der Waals surface area contributed by atoms with E-state index in [1.165, 1.54) is 0 Å². The average Bonchev–Trinajstić information content (AvgIpc) is 2.95. The number of hydrogen-bond donors (Lipinski definition) is 1. The van der Waals surface area contributed by atoms with E-state index in [-0.39, 0.29) is 24.2 Å². The van der Waals surface area contributed by atoms with Crippen LogP contribution in [-0.2, 0) is 9.59 Å². The third-order valence-corrected chi connectivity index (χ3v) is 4.43. The number of benzene rings is 2. The van der Waals surface area contributed by atoms with Gasteiger partial charge in [-0.25, -0.2) is 0 Å². The van der Waals surface area contributed by atoms with Gasteiger partial charge in [0.15, 0.2) is 0 Å². The predicted octanol–water partition coefficient (Wildman–Crippen LogP) is 3.30. The molecule has 0 spiro atoms. The van der Waals surface area contributed by atoms with E-state index in [0.717, 1.165) is 22.5 Å². The van der Waals surface area contributed by atoms with Crippen molar-refractivity contribution in [3.8, 4) is 0 Å². The lowest BCUT2D eigenvalue weighted by Gasteiger charge is -2.17. The lowest BCUT2D eigenvalue weighted by molar-refractivity contribution is -0.122. The summed E-state index contributed by atoms with van der Waals surface area (Å²) in [4.78, 5) is 26.4. The second-order valence-corrected chi connectivity index (χ2v) is 5.98. The van der Waals surface area contributed by atoms with E-state index in [1.54, 1.807) is 4.90 Å². The zero-order chi connectivity index (χ0) is 16.4. The maximum absolute atomic E-state index is 12.5. The van der Waals surface area contributed by atoms with E-state index in [2.05, 4.69) is 5.32 Å². The van der Waals surface area contributed by atoms with Crippen molar-refractivity contribution in [2.75, 3.05) is 16.8 Å². The third-order valence-electron chi connectivity index (χ3n) is 4.43. The highest BCUT2D eigenvalue weighted by atomic mass is 16.2. The van der Waals surface area contributed by atoms with Crippen molar-refractivity contribution >= 4 is 23.2 Å². The number of nitrogens with one attached hydrogen (secondary N) is 1. The molecule has 0 saturated carbocycles. The van der Waals surface area contributed by atoms with Gasteiger partial charge < -0.3 is 10.2 Å². The second-order valence-electron chi connectivity index (χ2n) is 5.98. The number of hydrogen-bond acceptors (Lipinski definition) is 2. The molecule has 118 valence electrons. The minimum atomic E-state index is -0.317. The zero-order valence-corrected chi connectivity index (χ0v) is 13.4. The van der Waals surface area contributed by atoms with Gasteiger partial charge in [0, 0.05) is 24.3 Å². The van der Waals surface area contributed by atoms with Crippen LogP contribution in [0.4, 0.5) is 11.4 Å². The summed E-state index contributed by atoms with van der Waals surface area (Å²) in [6.07, 6.45) is 0.256. The minimum absolute atomic E-state index is 0.00249. The molecule has 23 heavy (non-hydrogen) atoms. The van der Waals surface area contributed by atoms with Crippen molar-refractivity contribution in [1.82, 2.24) is 0 Å². The van der Waals surface area contributed by atoms with Gasteiger partial charge in [0.05, 0.1) is 5.92 Å². The molecule has 1 saturated heterocycles. The lowest BCUT2D eigenvalue weighted by Crippen LogP contribution is -2.28. The number of nitrogens with zero attached hydrogens (tertiary/aromatic N) is 1. The Balaban J connectivity index is 1.72. The van der Waals surface area contributed by atoms with E-state index in [0.29, 0.717) is 6.54 Å². The summed E-state index contributed by atoms with van der Waals surface area (Å²) < 4.78 is 0. The van der Waals surface area contributed by atoms with Gasteiger partial charge in [0.2, 0.25) is 11.8 Å². The van der Waals surface area contributed by atoms with Crippen LogP contribution in [0.25, 0.3) is 0 Å². The van der Waals surface area contributed by atoms with Crippen LogP contribution in [0.2, 0.25) is 0 Å². The van der Waals surface area contributed by atoms with Crippen LogP contribution in [0.5, 0.6) is 0 Å². The first-order chi connectivity index (χ1) is 11.1. The lowest BCUT2D eigenvalue weighted by atomic mass is 10.1. The molecule has 1 heterocycles. The first-order valence-corrected chi connectivity index (χ1v) is 7.79. The molecule has 1 aliphatic rings. The molecule has 2 aromatic rings. The quantitative estimate of drug-likeness (QED) is 0.946. The van der Waals surface area contributed by atoms with Gasteiger partial charge in [0.1, 0.15) is 0 Å². The highest BCUT2D eigenvalue weighted by Crippen LogP contribution is 2.26. The first kappa shape index (κ1) is 15.3. The SMILES string of the molecule is Cc1cccc(NC(=O)[C@@H]2CC(=O)N(c3ccccc3)C2)c1C. The van der Waals surface area contributed by atoms with Gasteiger partial charge in [-0.2, -0.15) is 0 Å². The summed E-state index contributed by atoms with van der Waals surface area (Å²) in [6, 6.07) is 15.3. The molecule has 1 atom stereocenters. The molecule has 0 radical (unpaired) electrons. The Bertz CT molecular complexity index is 740. The summed E-state index contributed by atoms with van der Waals surface area (Å²) in [5, 5.41) is 2.97. The number of aryl methyl sites for hydroxylation is 1. The zero-order valence-electron chi connectivity index (χ0n) is 13.4. The molecule has 4 nitrogen and oxygen atoms in total. The number of carbonyl (C=O) groups is 2. The van der Waals surface area contributed by atoms with Crippen molar-refractivity contribution in [2.45, 2.75) is 20.3 Å². The van der Waals surface area contributed by atoms with E-state index in [9.17, 15) is 9.59 Å². The van der Waals surface area contributed by atoms with Crippen LogP contribution in [-0.4, -0.2) is 18.4 Å². The fourth-order valence-corrected chi connectivity index (χ4v) is 2.86. The largest absolute Gasteiger partial charge is 0.326 e. The number of rotatable bonds is 3. The molecule has 2 amide bonds. The van der Waals surface area contributed by atoms with Gasteiger partial charge in [-0.15, -0.1) is 0 Å². The monoisotopic (exact) mass is 308 g/mol. The smallest absolute Gasteiger partial charge is 0.229 e. The standard InChI is InChI=1S/C19H20N2O2/c1-13-7-6-10-17(14(13)2)20-19(23)15-11-18(22)21(12-15)16-8-4-3-5-9-16/h3-10,15H,11-12H2,1-2H3,(H,20,23)/t15-/m1/s1. The Morgan fingerprint density at radius 1 is 1.09 bits per heavy atom. The molecule has 1 aliphatic heterocycles. The Labute approximate surface area is 136 Å². The van der Waals surface area contributed by atoms with Gasteiger partial charge in [-0.05, 0) is 43.2 Å². The Morgan fingerprint density at radius 2 is 1.83 bits per heavy atom. The van der Waals surface area contributed by atoms with Crippen molar-refractivity contribution in [3.63, 3.8) is 0 Å². The molecule has 2 aromatic carbocycles. The van der Waals surface area contributed by atoms with Crippen molar-refractivity contribution in [1.29, 1.82) is 0 Å². The predicted molar refractivity (Wildman–Crippen MR) is 91.4 cm³/mol. The van der Waals surface area contributed by atoms with Crippen LogP contribution < -0.4 is 10.2 Å². The maximum Gasteiger partial charge on any atom is 0.229 e. The van der Waals surface area contributed by atoms with Crippen LogP contribution in [0.1, 0.15) is 17.5 Å². The van der Waals surface area contributed by atoms with Crippen molar-refractivity contribution in [2.24, 2.45) is 5.92 Å². The van der Waals surface area contributed by atoms with E-state index in [1.807, 2.05) is 62.4 Å². The van der Waals surface area contributed by atoms with Gasteiger partial charge in [0.25, 0.3) is 0 Å². The number of carbonyl (C=O) groups excluding carboxylic acids is 2. The summed E-state index contributed by atoms with van der Waals surface area (Å²) >= 11 is 0. The molecule has 0 aliphatic carbocycles. The normalized spacial score (nSPS) is 17.4. The number of amides is 2. The number of para-hydroxylation sites is 1. The van der Waals surface area contributed by atoms with E-state index < -0.39 is 0 Å². The highest BCUT2D eigenvalue weighted by molar-refractivity contribution is 6.03. The second kappa shape index (κ2) is 6.24. The van der Waals surface area contributed by atoms with Gasteiger partial charge >= 0.3 is 0 Å². The summed E-state index contributed by atoms with van der Waals surface area (Å²) in [5.41, 5.74) is 3.86. The Morgan fingerprint density at radius 3 is 2.57 bits per heavy atom. The summed E-state index contributed by atoms with van der Waals surface area (Å²) in [6.45, 7) is 4.43. The molecule has 4 heteroatoms. The summed E-state index contributed by atoms with van der Waals surface area (Å²) in [5.74, 6) is -0.412. The fraction of sp³-hybridized carbons (Fsp3) is 0.263. The Kier molecular flexibility index (Phi) is 4.15. The fourth-order valence-electron chi connectivity index (χ4n) is 2.86. The number of anilines is 2. The third kappa shape index (κ3) is 3.11. The van der Waals surface area contributed by atoms with E-state index >= 15 is 0 Å². The topological polar surface area (TPSA) is 49.4 Å². The average molecular weight is 308 g/mol. The van der Waals surface area contributed by atoms with Crippen LogP contribution in [0, 0.1) is 19.8 Å². The van der Waals surface area contributed by atoms with Gasteiger partial charge in [-0.1, -0.05) is 30.3 Å². The maximum atomic E-state index is 12.5. The first-order valence-electron chi connectivity index (χ1n) is 7.79. The molecule has 0 aromatic heterocycles. The highest BCUT2D eigenvalue weighted by Gasteiger charge is 2.35.